The lowest BCUT2D eigenvalue weighted by Crippen LogP contribution is -2.03. The van der Waals surface area contributed by atoms with Crippen LogP contribution in [0.3, 0.4) is 0 Å². The lowest BCUT2D eigenvalue weighted by molar-refractivity contribution is 0.205. The van der Waals surface area contributed by atoms with Crippen LogP contribution in [0.2, 0.25) is 0 Å². The Morgan fingerprint density at radius 3 is 1.83 bits per heavy atom. The minimum Gasteiger partial charge on any atom is -0.465 e. The summed E-state index contributed by atoms with van der Waals surface area (Å²) in [7, 11) is 0.500. The summed E-state index contributed by atoms with van der Waals surface area (Å²) in [5, 5.41) is 7.19. The van der Waals surface area contributed by atoms with E-state index in [4.69, 9.17) is 9.90 Å². The van der Waals surface area contributed by atoms with Crippen LogP contribution in [0, 0.1) is 0 Å². The molecule has 0 aliphatic rings. The van der Waals surface area contributed by atoms with Gasteiger partial charge in [0.05, 0.1) is 7.18 Å². The van der Waals surface area contributed by atoms with Gasteiger partial charge in [-0.1, -0.05) is 0 Å². The molecule has 4 heteroatoms. The van der Waals surface area contributed by atoms with E-state index in [0.29, 0.717) is 7.18 Å². The van der Waals surface area contributed by atoms with Crippen LogP contribution in [0.4, 0.5) is 9.18 Å². The smallest absolute Gasteiger partial charge is 0.402 e. The van der Waals surface area contributed by atoms with Crippen molar-refractivity contribution < 1.29 is 14.3 Å². The number of amides is 1. The van der Waals surface area contributed by atoms with E-state index in [1.54, 1.807) is 0 Å². The second-order valence-electron chi connectivity index (χ2n) is 0.338. The molecule has 0 spiro atoms. The SMILES string of the molecule is CF.NC(=O)O. The van der Waals surface area contributed by atoms with Gasteiger partial charge in [-0.3, -0.25) is 4.39 Å². The maximum Gasteiger partial charge on any atom is 0.402 e. The Labute approximate surface area is 34.6 Å². The molecule has 3 N–H and O–H groups in total. The summed E-state index contributed by atoms with van der Waals surface area (Å²) in [5.74, 6) is 0. The topological polar surface area (TPSA) is 63.3 Å². The molecule has 0 fully saturated rings. The maximum atomic E-state index is 9.50. The van der Waals surface area contributed by atoms with Crippen molar-refractivity contribution >= 4 is 6.09 Å². The van der Waals surface area contributed by atoms with Crippen LogP contribution < -0.4 is 5.73 Å². The van der Waals surface area contributed by atoms with E-state index in [2.05, 4.69) is 5.73 Å². The molecule has 6 heavy (non-hydrogen) atoms. The van der Waals surface area contributed by atoms with Gasteiger partial charge < -0.3 is 10.8 Å². The molecule has 0 aliphatic carbocycles. The molecule has 0 bridgehead atoms. The van der Waals surface area contributed by atoms with Gasteiger partial charge in [-0.05, 0) is 0 Å². The Hall–Kier alpha value is -0.800. The summed E-state index contributed by atoms with van der Waals surface area (Å²) >= 11 is 0. The maximum absolute atomic E-state index is 9.50. The van der Waals surface area contributed by atoms with Gasteiger partial charge >= 0.3 is 6.09 Å². The molecular formula is C2H6FNO2. The first-order valence-corrected chi connectivity index (χ1v) is 1.09. The van der Waals surface area contributed by atoms with Crippen molar-refractivity contribution in [1.29, 1.82) is 0 Å². The Balaban J connectivity index is 0. The van der Waals surface area contributed by atoms with Gasteiger partial charge in [0, 0.05) is 0 Å². The zero-order chi connectivity index (χ0) is 5.58. The number of hydrogen-bond acceptors (Lipinski definition) is 1. The molecule has 0 atom stereocenters. The van der Waals surface area contributed by atoms with Crippen molar-refractivity contribution in [3.63, 3.8) is 0 Å². The molecule has 3 nitrogen and oxygen atoms in total. The lowest BCUT2D eigenvalue weighted by Gasteiger charge is -1.61. The Kier molecular flexibility index (Phi) is 13.3. The summed E-state index contributed by atoms with van der Waals surface area (Å²) in [4.78, 5) is 8.78. The van der Waals surface area contributed by atoms with Crippen LogP contribution >= 0.6 is 0 Å². The fourth-order valence-corrected chi connectivity index (χ4v) is 0. The fraction of sp³-hybridized carbons (Fsp3) is 0.500. The molecule has 1 amide bonds. The second kappa shape index (κ2) is 8.89. The lowest BCUT2D eigenvalue weighted by atomic mass is 11.3. The molecule has 0 radical (unpaired) electrons. The van der Waals surface area contributed by atoms with E-state index in [0.717, 1.165) is 0 Å². The monoisotopic (exact) mass is 95.0 g/mol. The highest BCUT2D eigenvalue weighted by Crippen LogP contribution is 1.34. The van der Waals surface area contributed by atoms with Gasteiger partial charge in [-0.15, -0.1) is 0 Å². The number of halogens is 1. The normalized spacial score (nSPS) is 5.00. The summed E-state index contributed by atoms with van der Waals surface area (Å²) < 4.78 is 9.50. The Bertz CT molecular complexity index is 34.5. The van der Waals surface area contributed by atoms with Gasteiger partial charge in [-0.2, -0.15) is 0 Å². The first kappa shape index (κ1) is 8.96. The number of alkyl halides is 1. The molecule has 0 saturated carbocycles. The minimum absolute atomic E-state index is 0.500. The van der Waals surface area contributed by atoms with Crippen molar-refractivity contribution in [3.05, 3.63) is 0 Å². The van der Waals surface area contributed by atoms with Crippen LogP contribution in [0.5, 0.6) is 0 Å². The van der Waals surface area contributed by atoms with Gasteiger partial charge in [0.2, 0.25) is 0 Å². The quantitative estimate of drug-likeness (QED) is 0.451. The average molecular weight is 95.1 g/mol. The van der Waals surface area contributed by atoms with Crippen LogP contribution in [0.1, 0.15) is 0 Å². The zero-order valence-electron chi connectivity index (χ0n) is 3.31. The molecule has 0 rings (SSSR count). The Morgan fingerprint density at radius 2 is 1.83 bits per heavy atom. The predicted molar refractivity (Wildman–Crippen MR) is 19.2 cm³/mol. The average Bonchev–Trinajstić information content (AvgIpc) is 1.41. The highest BCUT2D eigenvalue weighted by molar-refractivity contribution is 5.61. The van der Waals surface area contributed by atoms with Crippen LogP contribution in [0.15, 0.2) is 0 Å². The van der Waals surface area contributed by atoms with Crippen LogP contribution in [0.25, 0.3) is 0 Å². The highest BCUT2D eigenvalue weighted by atomic mass is 19.1. The molecule has 0 aliphatic heterocycles. The standard InChI is InChI=1S/CH3F.CH3NO2/c1-2;2-1(3)4/h1H3;2H2,(H,3,4). The predicted octanol–water partition coefficient (Wildman–Crippen LogP) is 0.209. The molecule has 38 valence electrons. The van der Waals surface area contributed by atoms with Crippen molar-refractivity contribution in [1.82, 2.24) is 0 Å². The molecular weight excluding hydrogens is 89.0 g/mol. The number of carboxylic acid groups (broad SMARTS) is 1. The minimum atomic E-state index is -1.33. The van der Waals surface area contributed by atoms with Crippen LogP contribution in [-0.4, -0.2) is 18.4 Å². The van der Waals surface area contributed by atoms with Crippen LogP contribution in [-0.2, 0) is 0 Å². The third-order valence-corrected chi connectivity index (χ3v) is 0. The number of nitrogens with two attached hydrogens (primary N) is 1. The number of carbonyl (C=O) groups is 1. The Morgan fingerprint density at radius 1 is 1.83 bits per heavy atom. The van der Waals surface area contributed by atoms with Crippen molar-refractivity contribution in [2.75, 3.05) is 7.18 Å². The van der Waals surface area contributed by atoms with Crippen molar-refractivity contribution in [2.45, 2.75) is 0 Å². The highest BCUT2D eigenvalue weighted by Gasteiger charge is 1.65. The van der Waals surface area contributed by atoms with E-state index in [-0.39, 0.29) is 0 Å². The fourth-order valence-electron chi connectivity index (χ4n) is 0. The van der Waals surface area contributed by atoms with Crippen molar-refractivity contribution in [2.24, 2.45) is 5.73 Å². The molecule has 0 heterocycles. The first-order chi connectivity index (χ1) is 2.73. The van der Waals surface area contributed by atoms with E-state index in [1.807, 2.05) is 0 Å². The molecule has 0 saturated heterocycles. The first-order valence-electron chi connectivity index (χ1n) is 1.09. The molecule has 0 aromatic rings. The van der Waals surface area contributed by atoms with E-state index >= 15 is 0 Å². The molecule has 0 unspecified atom stereocenters. The second-order valence-corrected chi connectivity index (χ2v) is 0.338. The number of primary amides is 1. The molecule has 0 aromatic carbocycles. The van der Waals surface area contributed by atoms with E-state index < -0.39 is 6.09 Å². The summed E-state index contributed by atoms with van der Waals surface area (Å²) in [6.45, 7) is 0. The van der Waals surface area contributed by atoms with Gasteiger partial charge in [-0.25, -0.2) is 4.79 Å². The third kappa shape index (κ3) is 24.2. The van der Waals surface area contributed by atoms with E-state index in [9.17, 15) is 4.39 Å². The van der Waals surface area contributed by atoms with E-state index in [1.165, 1.54) is 0 Å². The number of hydrogen-bond donors (Lipinski definition) is 2. The van der Waals surface area contributed by atoms with Gasteiger partial charge in [0.25, 0.3) is 0 Å². The summed E-state index contributed by atoms with van der Waals surface area (Å²) in [6.07, 6.45) is -1.33. The number of rotatable bonds is 0. The summed E-state index contributed by atoms with van der Waals surface area (Å²) in [5.41, 5.74) is 4.03. The van der Waals surface area contributed by atoms with Gasteiger partial charge in [0.15, 0.2) is 0 Å². The van der Waals surface area contributed by atoms with Crippen molar-refractivity contribution in [3.8, 4) is 0 Å². The van der Waals surface area contributed by atoms with Gasteiger partial charge in [0.1, 0.15) is 0 Å². The largest absolute Gasteiger partial charge is 0.465 e. The summed E-state index contributed by atoms with van der Waals surface area (Å²) in [6, 6.07) is 0. The molecule has 0 aromatic heterocycles. The third-order valence-electron chi connectivity index (χ3n) is 0. The zero-order valence-corrected chi connectivity index (χ0v) is 3.31.